The Bertz CT molecular complexity index is 670. The molecule has 5 heteroatoms. The first-order chi connectivity index (χ1) is 13.0. The number of carbonyl (C=O) groups excluding carboxylic acids is 2. The Kier molecular flexibility index (Phi) is 5.81. The fourth-order valence-corrected chi connectivity index (χ4v) is 6.64. The summed E-state index contributed by atoms with van der Waals surface area (Å²) in [5, 5.41) is 19.6. The Morgan fingerprint density at radius 1 is 1.29 bits per heavy atom. The van der Waals surface area contributed by atoms with Crippen LogP contribution < -0.4 is 0 Å². The molecule has 158 valence electrons. The van der Waals surface area contributed by atoms with Gasteiger partial charge in [-0.15, -0.1) is 0 Å². The molecule has 0 aromatic rings. The second kappa shape index (κ2) is 7.56. The number of aliphatic hydroxyl groups excluding tert-OH is 2. The van der Waals surface area contributed by atoms with Gasteiger partial charge in [-0.25, -0.2) is 0 Å². The summed E-state index contributed by atoms with van der Waals surface area (Å²) in [6, 6.07) is 0. The average Bonchev–Trinajstić information content (AvgIpc) is 2.63. The molecule has 3 saturated carbocycles. The molecule has 1 amide bonds. The third-order valence-corrected chi connectivity index (χ3v) is 8.56. The van der Waals surface area contributed by atoms with Gasteiger partial charge in [-0.2, -0.15) is 0 Å². The summed E-state index contributed by atoms with van der Waals surface area (Å²) in [5.41, 5.74) is 0.899. The highest BCUT2D eigenvalue weighted by Gasteiger charge is 2.61. The third kappa shape index (κ3) is 3.35. The molecule has 3 aliphatic rings. The SMILES string of the molecule is C[C@@H]1/C(=C/C(=O)N(C)CCO)CC[C@H]2[C@H]1C(=O)C[C@@H]1C(C)(C)[C@H](O)CC[C@]12C. The molecule has 5 nitrogen and oxygen atoms in total. The van der Waals surface area contributed by atoms with Crippen molar-refractivity contribution in [1.82, 2.24) is 4.90 Å². The molecule has 0 saturated heterocycles. The molecule has 28 heavy (non-hydrogen) atoms. The highest BCUT2D eigenvalue weighted by atomic mass is 16.3. The fraction of sp³-hybridized carbons (Fsp3) is 0.826. The number of ketones is 1. The van der Waals surface area contributed by atoms with Crippen LogP contribution in [0.5, 0.6) is 0 Å². The number of Topliss-reactive ketones (excluding diaryl/α,β-unsaturated/α-hetero) is 1. The van der Waals surface area contributed by atoms with E-state index in [1.54, 1.807) is 13.1 Å². The smallest absolute Gasteiger partial charge is 0.246 e. The van der Waals surface area contributed by atoms with Crippen molar-refractivity contribution < 1.29 is 19.8 Å². The number of hydrogen-bond donors (Lipinski definition) is 2. The molecular formula is C23H37NO4. The van der Waals surface area contributed by atoms with Gasteiger partial charge in [-0.05, 0) is 54.3 Å². The van der Waals surface area contributed by atoms with E-state index in [1.165, 1.54) is 4.90 Å². The molecule has 0 aromatic carbocycles. The van der Waals surface area contributed by atoms with Gasteiger partial charge in [0.2, 0.25) is 5.91 Å². The maximum atomic E-state index is 13.3. The Morgan fingerprint density at radius 2 is 1.96 bits per heavy atom. The molecule has 0 spiro atoms. The minimum atomic E-state index is -0.342. The quantitative estimate of drug-likeness (QED) is 0.725. The van der Waals surface area contributed by atoms with Gasteiger partial charge in [0.25, 0.3) is 0 Å². The van der Waals surface area contributed by atoms with Crippen LogP contribution >= 0.6 is 0 Å². The largest absolute Gasteiger partial charge is 0.395 e. The Morgan fingerprint density at radius 3 is 2.61 bits per heavy atom. The lowest BCUT2D eigenvalue weighted by molar-refractivity contribution is -0.172. The number of fused-ring (bicyclic) bond motifs is 3. The minimum Gasteiger partial charge on any atom is -0.395 e. The molecular weight excluding hydrogens is 354 g/mol. The lowest BCUT2D eigenvalue weighted by atomic mass is 9.42. The van der Waals surface area contributed by atoms with Crippen LogP contribution in [-0.2, 0) is 9.59 Å². The fourth-order valence-electron chi connectivity index (χ4n) is 6.64. The first-order valence-corrected chi connectivity index (χ1v) is 10.8. The van der Waals surface area contributed by atoms with E-state index in [9.17, 15) is 14.7 Å². The number of nitrogens with zero attached hydrogens (tertiary/aromatic N) is 1. The van der Waals surface area contributed by atoms with Crippen molar-refractivity contribution in [3.63, 3.8) is 0 Å². The van der Waals surface area contributed by atoms with E-state index < -0.39 is 0 Å². The molecule has 0 aliphatic heterocycles. The zero-order valence-electron chi connectivity index (χ0n) is 18.1. The van der Waals surface area contributed by atoms with Crippen LogP contribution in [-0.4, -0.2) is 53.1 Å². The van der Waals surface area contributed by atoms with Gasteiger partial charge < -0.3 is 15.1 Å². The molecule has 3 rings (SSSR count). The Labute approximate surface area is 169 Å². The summed E-state index contributed by atoms with van der Waals surface area (Å²) in [4.78, 5) is 27.2. The molecule has 0 bridgehead atoms. The summed E-state index contributed by atoms with van der Waals surface area (Å²) in [6.45, 7) is 8.97. The van der Waals surface area contributed by atoms with Crippen LogP contribution in [0.1, 0.15) is 59.8 Å². The van der Waals surface area contributed by atoms with E-state index in [-0.39, 0.29) is 47.2 Å². The van der Waals surface area contributed by atoms with Crippen LogP contribution in [0.15, 0.2) is 11.6 Å². The molecule has 3 aliphatic carbocycles. The van der Waals surface area contributed by atoms with Crippen LogP contribution in [0.4, 0.5) is 0 Å². The Balaban J connectivity index is 1.87. The monoisotopic (exact) mass is 391 g/mol. The predicted octanol–water partition coefficient (Wildman–Crippen LogP) is 2.80. The molecule has 0 heterocycles. The van der Waals surface area contributed by atoms with Gasteiger partial charge in [-0.3, -0.25) is 9.59 Å². The van der Waals surface area contributed by atoms with Crippen molar-refractivity contribution >= 4 is 11.7 Å². The zero-order valence-corrected chi connectivity index (χ0v) is 18.1. The maximum Gasteiger partial charge on any atom is 0.246 e. The molecule has 2 N–H and O–H groups in total. The topological polar surface area (TPSA) is 77.8 Å². The molecule has 0 unspecified atom stereocenters. The molecule has 3 fully saturated rings. The summed E-state index contributed by atoms with van der Waals surface area (Å²) in [7, 11) is 1.69. The van der Waals surface area contributed by atoms with Crippen LogP contribution in [0, 0.1) is 34.5 Å². The molecule has 6 atom stereocenters. The first-order valence-electron chi connectivity index (χ1n) is 10.8. The van der Waals surface area contributed by atoms with E-state index in [0.29, 0.717) is 24.7 Å². The van der Waals surface area contributed by atoms with Crippen LogP contribution in [0.25, 0.3) is 0 Å². The summed E-state index contributed by atoms with van der Waals surface area (Å²) >= 11 is 0. The second-order valence-corrected chi connectivity index (χ2v) is 10.3. The predicted molar refractivity (Wildman–Crippen MR) is 108 cm³/mol. The number of rotatable bonds is 3. The lowest BCUT2D eigenvalue weighted by Gasteiger charge is -2.62. The molecule has 0 aromatic heterocycles. The van der Waals surface area contributed by atoms with E-state index in [4.69, 9.17) is 5.11 Å². The van der Waals surface area contributed by atoms with E-state index in [0.717, 1.165) is 31.3 Å². The second-order valence-electron chi connectivity index (χ2n) is 10.3. The molecule has 0 radical (unpaired) electrons. The number of allylic oxidation sites excluding steroid dienone is 1. The van der Waals surface area contributed by atoms with Gasteiger partial charge in [-0.1, -0.05) is 33.3 Å². The van der Waals surface area contributed by atoms with Crippen molar-refractivity contribution in [3.8, 4) is 0 Å². The van der Waals surface area contributed by atoms with E-state index in [1.807, 2.05) is 0 Å². The van der Waals surface area contributed by atoms with Gasteiger partial charge in [0, 0.05) is 32.0 Å². The van der Waals surface area contributed by atoms with E-state index >= 15 is 0 Å². The minimum absolute atomic E-state index is 0.0248. The van der Waals surface area contributed by atoms with Crippen LogP contribution in [0.3, 0.4) is 0 Å². The number of amides is 1. The normalized spacial score (nSPS) is 41.3. The van der Waals surface area contributed by atoms with Crippen LogP contribution in [0.2, 0.25) is 0 Å². The maximum absolute atomic E-state index is 13.3. The van der Waals surface area contributed by atoms with Crippen molar-refractivity contribution in [3.05, 3.63) is 11.6 Å². The first kappa shape index (κ1) is 21.5. The number of aliphatic hydroxyl groups is 2. The summed E-state index contributed by atoms with van der Waals surface area (Å²) in [5.74, 6) is 0.803. The highest BCUT2D eigenvalue weighted by Crippen LogP contribution is 2.63. The Hall–Kier alpha value is -1.20. The summed E-state index contributed by atoms with van der Waals surface area (Å²) in [6.07, 6.45) is 5.46. The number of carbonyl (C=O) groups is 2. The zero-order chi connectivity index (χ0) is 20.9. The lowest BCUT2D eigenvalue weighted by Crippen LogP contribution is -2.60. The highest BCUT2D eigenvalue weighted by molar-refractivity contribution is 5.89. The van der Waals surface area contributed by atoms with Crippen molar-refractivity contribution in [2.75, 3.05) is 20.2 Å². The van der Waals surface area contributed by atoms with Gasteiger partial charge in [0.15, 0.2) is 0 Å². The average molecular weight is 392 g/mol. The standard InChI is InChI=1S/C23H37NO4/c1-14-15(12-20(28)24(5)10-11-25)6-7-16-21(14)17(26)13-18-22(2,3)19(27)8-9-23(16,18)4/h12,14,16,18-19,21,25,27H,6-11,13H2,1-5H3/b15-12+/t14-,16+,18-,19-,21+,23+/m1/s1. The summed E-state index contributed by atoms with van der Waals surface area (Å²) < 4.78 is 0. The number of likely N-dealkylation sites (N-methyl/N-ethyl adjacent to an activating group) is 1. The third-order valence-electron chi connectivity index (χ3n) is 8.56. The van der Waals surface area contributed by atoms with Crippen molar-refractivity contribution in [2.24, 2.45) is 34.5 Å². The van der Waals surface area contributed by atoms with Crippen molar-refractivity contribution in [1.29, 1.82) is 0 Å². The van der Waals surface area contributed by atoms with E-state index in [2.05, 4.69) is 27.7 Å². The number of hydrogen-bond acceptors (Lipinski definition) is 4. The van der Waals surface area contributed by atoms with Gasteiger partial charge >= 0.3 is 0 Å². The van der Waals surface area contributed by atoms with Gasteiger partial charge in [0.1, 0.15) is 5.78 Å². The van der Waals surface area contributed by atoms with Crippen molar-refractivity contribution in [2.45, 2.75) is 65.9 Å². The van der Waals surface area contributed by atoms with Gasteiger partial charge in [0.05, 0.1) is 12.7 Å².